The van der Waals surface area contributed by atoms with Crippen LogP contribution in [0.2, 0.25) is 5.02 Å². The van der Waals surface area contributed by atoms with Gasteiger partial charge >= 0.3 is 0 Å². The van der Waals surface area contributed by atoms with E-state index in [0.717, 1.165) is 18.6 Å². The second-order valence-corrected chi connectivity index (χ2v) is 3.95. The van der Waals surface area contributed by atoms with Gasteiger partial charge in [-0.2, -0.15) is 0 Å². The van der Waals surface area contributed by atoms with Gasteiger partial charge in [0.25, 0.3) is 5.56 Å². The molecule has 0 radical (unpaired) electrons. The second kappa shape index (κ2) is 4.22. The molecule has 16 heavy (non-hydrogen) atoms. The maximum absolute atomic E-state index is 13.1. The van der Waals surface area contributed by atoms with Gasteiger partial charge < -0.3 is 4.98 Å². The van der Waals surface area contributed by atoms with Gasteiger partial charge in [0.05, 0.1) is 15.9 Å². The largest absolute Gasteiger partial charge is 0.310 e. The SMILES string of the molecule is CCCc1nc2c(Cl)cc(F)cc2c(=O)[nH]1. The lowest BCUT2D eigenvalue weighted by Crippen LogP contribution is -2.12. The maximum Gasteiger partial charge on any atom is 0.258 e. The van der Waals surface area contributed by atoms with Crippen LogP contribution in [0.15, 0.2) is 16.9 Å². The summed E-state index contributed by atoms with van der Waals surface area (Å²) >= 11 is 5.85. The van der Waals surface area contributed by atoms with E-state index in [0.29, 0.717) is 17.8 Å². The van der Waals surface area contributed by atoms with Gasteiger partial charge in [-0.15, -0.1) is 0 Å². The molecule has 1 aromatic heterocycles. The third-order valence-corrected chi connectivity index (χ3v) is 2.55. The van der Waals surface area contributed by atoms with Crippen molar-refractivity contribution in [3.63, 3.8) is 0 Å². The van der Waals surface area contributed by atoms with E-state index in [-0.39, 0.29) is 16.0 Å². The Morgan fingerprint density at radius 2 is 2.25 bits per heavy atom. The molecule has 1 aromatic carbocycles. The molecule has 1 N–H and O–H groups in total. The Kier molecular flexibility index (Phi) is 2.92. The summed E-state index contributed by atoms with van der Waals surface area (Å²) in [5, 5.41) is 0.350. The highest BCUT2D eigenvalue weighted by molar-refractivity contribution is 6.35. The van der Waals surface area contributed by atoms with Gasteiger partial charge in [-0.3, -0.25) is 4.79 Å². The summed E-state index contributed by atoms with van der Waals surface area (Å²) in [6.07, 6.45) is 1.53. The highest BCUT2D eigenvalue weighted by Crippen LogP contribution is 2.20. The van der Waals surface area contributed by atoms with Crippen molar-refractivity contribution in [1.29, 1.82) is 0 Å². The summed E-state index contributed by atoms with van der Waals surface area (Å²) in [5.41, 5.74) is 0.00474. The monoisotopic (exact) mass is 240 g/mol. The van der Waals surface area contributed by atoms with Gasteiger partial charge in [-0.05, 0) is 18.6 Å². The molecule has 0 atom stereocenters. The number of H-pyrrole nitrogens is 1. The molecule has 2 aromatic rings. The van der Waals surface area contributed by atoms with Gasteiger partial charge in [-0.25, -0.2) is 9.37 Å². The Bertz CT molecular complexity index is 594. The third kappa shape index (κ3) is 1.93. The van der Waals surface area contributed by atoms with Crippen LogP contribution in [0.3, 0.4) is 0 Å². The highest BCUT2D eigenvalue weighted by Gasteiger charge is 2.08. The molecule has 0 aliphatic rings. The summed E-state index contributed by atoms with van der Waals surface area (Å²) in [6, 6.07) is 2.30. The first-order chi connectivity index (χ1) is 7.61. The third-order valence-electron chi connectivity index (χ3n) is 2.26. The number of rotatable bonds is 2. The molecule has 0 aliphatic carbocycles. The van der Waals surface area contributed by atoms with Gasteiger partial charge in [0.15, 0.2) is 0 Å². The maximum atomic E-state index is 13.1. The number of aromatic nitrogens is 2. The van der Waals surface area contributed by atoms with Crippen LogP contribution in [-0.2, 0) is 6.42 Å². The first kappa shape index (κ1) is 11.1. The molecule has 0 bridgehead atoms. The topological polar surface area (TPSA) is 45.8 Å². The number of nitrogens with zero attached hydrogens (tertiary/aromatic N) is 1. The molecule has 1 heterocycles. The van der Waals surface area contributed by atoms with Crippen molar-refractivity contribution in [2.45, 2.75) is 19.8 Å². The van der Waals surface area contributed by atoms with Crippen molar-refractivity contribution < 1.29 is 4.39 Å². The van der Waals surface area contributed by atoms with E-state index >= 15 is 0 Å². The van der Waals surface area contributed by atoms with E-state index in [1.165, 1.54) is 0 Å². The molecule has 0 amide bonds. The van der Waals surface area contributed by atoms with E-state index in [1.807, 2.05) is 6.92 Å². The fourth-order valence-electron chi connectivity index (χ4n) is 1.57. The van der Waals surface area contributed by atoms with Crippen LogP contribution in [0, 0.1) is 5.82 Å². The van der Waals surface area contributed by atoms with Crippen molar-refractivity contribution in [3.8, 4) is 0 Å². The lowest BCUT2D eigenvalue weighted by molar-refractivity contribution is 0.629. The van der Waals surface area contributed by atoms with Crippen molar-refractivity contribution in [2.75, 3.05) is 0 Å². The molecule has 5 heteroatoms. The Labute approximate surface area is 96.3 Å². The minimum Gasteiger partial charge on any atom is -0.310 e. The number of hydrogen-bond donors (Lipinski definition) is 1. The molecule has 0 saturated carbocycles. The zero-order valence-electron chi connectivity index (χ0n) is 8.68. The minimum absolute atomic E-state index is 0.165. The second-order valence-electron chi connectivity index (χ2n) is 3.55. The van der Waals surface area contributed by atoms with Crippen LogP contribution < -0.4 is 5.56 Å². The van der Waals surface area contributed by atoms with Gasteiger partial charge in [-0.1, -0.05) is 18.5 Å². The summed E-state index contributed by atoms with van der Waals surface area (Å²) in [7, 11) is 0. The lowest BCUT2D eigenvalue weighted by atomic mass is 10.2. The highest BCUT2D eigenvalue weighted by atomic mass is 35.5. The number of halogens is 2. The molecule has 0 saturated heterocycles. The Morgan fingerprint density at radius 1 is 1.50 bits per heavy atom. The predicted octanol–water partition coefficient (Wildman–Crippen LogP) is 2.67. The standard InChI is InChI=1S/C11H10ClFN2O/c1-2-3-9-14-10-7(11(16)15-9)4-6(13)5-8(10)12/h4-5H,2-3H2,1H3,(H,14,15,16). The van der Waals surface area contributed by atoms with E-state index in [1.54, 1.807) is 0 Å². The summed E-state index contributed by atoms with van der Waals surface area (Å²) in [4.78, 5) is 18.5. The smallest absolute Gasteiger partial charge is 0.258 e. The van der Waals surface area contributed by atoms with Gasteiger partial charge in [0, 0.05) is 6.42 Å². The van der Waals surface area contributed by atoms with Gasteiger partial charge in [0.2, 0.25) is 0 Å². The number of benzene rings is 1. The van der Waals surface area contributed by atoms with Crippen LogP contribution in [-0.4, -0.2) is 9.97 Å². The molecule has 3 nitrogen and oxygen atoms in total. The van der Waals surface area contributed by atoms with E-state index in [4.69, 9.17) is 11.6 Å². The summed E-state index contributed by atoms with van der Waals surface area (Å²) in [5.74, 6) is 0.0431. The van der Waals surface area contributed by atoms with Crippen LogP contribution >= 0.6 is 11.6 Å². The Hall–Kier alpha value is -1.42. The lowest BCUT2D eigenvalue weighted by Gasteiger charge is -2.03. The number of aryl methyl sites for hydroxylation is 1. The average Bonchev–Trinajstić information content (AvgIpc) is 2.20. The fourth-order valence-corrected chi connectivity index (χ4v) is 1.82. The normalized spacial score (nSPS) is 10.9. The van der Waals surface area contributed by atoms with Crippen molar-refractivity contribution >= 4 is 22.5 Å². The van der Waals surface area contributed by atoms with E-state index in [9.17, 15) is 9.18 Å². The molecular weight excluding hydrogens is 231 g/mol. The molecule has 0 unspecified atom stereocenters. The number of hydrogen-bond acceptors (Lipinski definition) is 2. The van der Waals surface area contributed by atoms with E-state index in [2.05, 4.69) is 9.97 Å². The molecule has 84 valence electrons. The first-order valence-electron chi connectivity index (χ1n) is 4.99. The first-order valence-corrected chi connectivity index (χ1v) is 5.37. The predicted molar refractivity (Wildman–Crippen MR) is 61.3 cm³/mol. The zero-order chi connectivity index (χ0) is 11.7. The van der Waals surface area contributed by atoms with E-state index < -0.39 is 5.82 Å². The van der Waals surface area contributed by atoms with Gasteiger partial charge in [0.1, 0.15) is 11.6 Å². The minimum atomic E-state index is -0.534. The molecule has 2 rings (SSSR count). The Morgan fingerprint density at radius 3 is 2.94 bits per heavy atom. The van der Waals surface area contributed by atoms with Crippen molar-refractivity contribution in [2.24, 2.45) is 0 Å². The van der Waals surface area contributed by atoms with Crippen molar-refractivity contribution in [1.82, 2.24) is 9.97 Å². The molecular formula is C11H10ClFN2O. The fraction of sp³-hybridized carbons (Fsp3) is 0.273. The molecule has 0 aliphatic heterocycles. The number of aromatic amines is 1. The summed E-state index contributed by atoms with van der Waals surface area (Å²) in [6.45, 7) is 1.98. The van der Waals surface area contributed by atoms with Crippen molar-refractivity contribution in [3.05, 3.63) is 39.2 Å². The van der Waals surface area contributed by atoms with Crippen LogP contribution in [0.4, 0.5) is 4.39 Å². The molecule has 0 spiro atoms. The zero-order valence-corrected chi connectivity index (χ0v) is 9.44. The quantitative estimate of drug-likeness (QED) is 0.877. The molecule has 0 fully saturated rings. The Balaban J connectivity index is 2.77. The average molecular weight is 241 g/mol. The van der Waals surface area contributed by atoms with Crippen LogP contribution in [0.25, 0.3) is 10.9 Å². The summed E-state index contributed by atoms with van der Waals surface area (Å²) < 4.78 is 13.1. The van der Waals surface area contributed by atoms with Crippen LogP contribution in [0.5, 0.6) is 0 Å². The van der Waals surface area contributed by atoms with Crippen LogP contribution in [0.1, 0.15) is 19.2 Å². The number of nitrogens with one attached hydrogen (secondary N) is 1. The number of fused-ring (bicyclic) bond motifs is 1.